The van der Waals surface area contributed by atoms with Crippen LogP contribution in [0.1, 0.15) is 37.1 Å². The Hall–Kier alpha value is -1.89. The molecule has 0 aromatic heterocycles. The number of hydrogen-bond acceptors (Lipinski definition) is 5. The zero-order valence-electron chi connectivity index (χ0n) is 15.4. The number of likely N-dealkylation sites (tertiary alicyclic amines) is 1. The first-order valence-corrected chi connectivity index (χ1v) is 10.2. The number of amides is 2. The topological polar surface area (TPSA) is 59.1 Å². The van der Waals surface area contributed by atoms with Crippen molar-refractivity contribution in [2.24, 2.45) is 0 Å². The van der Waals surface area contributed by atoms with Gasteiger partial charge < -0.3 is 19.3 Å². The van der Waals surface area contributed by atoms with E-state index in [0.29, 0.717) is 36.8 Å². The number of methoxy groups -OCH3 is 1. The molecule has 2 saturated heterocycles. The summed E-state index contributed by atoms with van der Waals surface area (Å²) in [4.78, 5) is 27.9. The normalized spacial score (nSPS) is 20.2. The Bertz CT molecular complexity index is 667. The lowest BCUT2D eigenvalue weighted by atomic mass is 10.1. The van der Waals surface area contributed by atoms with Crippen molar-refractivity contribution in [2.75, 3.05) is 39.1 Å². The Morgan fingerprint density at radius 3 is 2.73 bits per heavy atom. The van der Waals surface area contributed by atoms with Gasteiger partial charge in [-0.2, -0.15) is 0 Å². The van der Waals surface area contributed by atoms with Gasteiger partial charge in [0, 0.05) is 26.1 Å². The molecule has 2 fully saturated rings. The van der Waals surface area contributed by atoms with Gasteiger partial charge in [0.2, 0.25) is 11.8 Å². The molecule has 142 valence electrons. The van der Waals surface area contributed by atoms with Crippen LogP contribution in [-0.2, 0) is 9.59 Å². The predicted molar refractivity (Wildman–Crippen MR) is 102 cm³/mol. The van der Waals surface area contributed by atoms with Crippen LogP contribution < -0.4 is 9.47 Å². The molecule has 0 spiro atoms. The summed E-state index contributed by atoms with van der Waals surface area (Å²) >= 11 is 1.63. The van der Waals surface area contributed by atoms with E-state index in [0.717, 1.165) is 31.5 Å². The molecule has 6 nitrogen and oxygen atoms in total. The van der Waals surface area contributed by atoms with Crippen molar-refractivity contribution in [3.8, 4) is 11.5 Å². The van der Waals surface area contributed by atoms with Gasteiger partial charge in [-0.3, -0.25) is 9.59 Å². The Balaban J connectivity index is 1.67. The Morgan fingerprint density at radius 2 is 2.04 bits per heavy atom. The quantitative estimate of drug-likeness (QED) is 0.696. The first-order chi connectivity index (χ1) is 12.6. The van der Waals surface area contributed by atoms with Crippen molar-refractivity contribution in [1.82, 2.24) is 9.80 Å². The highest BCUT2D eigenvalue weighted by molar-refractivity contribution is 8.00. The maximum Gasteiger partial charge on any atom is 0.233 e. The summed E-state index contributed by atoms with van der Waals surface area (Å²) in [6, 6.07) is 5.86. The number of nitrogens with zero attached hydrogens (tertiary/aromatic N) is 2. The molecule has 1 aromatic carbocycles. The molecule has 2 aliphatic heterocycles. The molecule has 26 heavy (non-hydrogen) atoms. The molecule has 2 amide bonds. The highest BCUT2D eigenvalue weighted by atomic mass is 32.2. The van der Waals surface area contributed by atoms with Crippen LogP contribution >= 0.6 is 11.8 Å². The van der Waals surface area contributed by atoms with Crippen LogP contribution in [-0.4, -0.2) is 60.7 Å². The van der Waals surface area contributed by atoms with Gasteiger partial charge in [0.15, 0.2) is 11.5 Å². The number of benzene rings is 1. The molecule has 0 N–H and O–H groups in total. The van der Waals surface area contributed by atoms with Gasteiger partial charge in [-0.15, -0.1) is 11.8 Å². The summed E-state index contributed by atoms with van der Waals surface area (Å²) in [5.74, 6) is 2.28. The monoisotopic (exact) mass is 378 g/mol. The van der Waals surface area contributed by atoms with Crippen molar-refractivity contribution in [1.29, 1.82) is 0 Å². The molecule has 7 heteroatoms. The minimum atomic E-state index is -0.0121. The summed E-state index contributed by atoms with van der Waals surface area (Å²) in [6.07, 6.45) is 2.42. The number of hydrogen-bond donors (Lipinski definition) is 0. The third-order valence-electron chi connectivity index (χ3n) is 4.74. The molecule has 2 heterocycles. The first kappa shape index (κ1) is 18.9. The molecule has 0 radical (unpaired) electrons. The van der Waals surface area contributed by atoms with Crippen LogP contribution in [0.15, 0.2) is 18.2 Å². The third-order valence-corrected chi connectivity index (χ3v) is 6.00. The lowest BCUT2D eigenvalue weighted by Crippen LogP contribution is -2.33. The first-order valence-electron chi connectivity index (χ1n) is 9.13. The number of thioether (sulfide) groups is 1. The Morgan fingerprint density at radius 1 is 1.19 bits per heavy atom. The maximum atomic E-state index is 12.4. The smallest absolute Gasteiger partial charge is 0.233 e. The van der Waals surface area contributed by atoms with E-state index in [1.54, 1.807) is 18.9 Å². The van der Waals surface area contributed by atoms with Gasteiger partial charge in [0.1, 0.15) is 5.37 Å². The highest BCUT2D eigenvalue weighted by Gasteiger charge is 2.33. The Labute approximate surface area is 158 Å². The second-order valence-corrected chi connectivity index (χ2v) is 7.50. The fourth-order valence-electron chi connectivity index (χ4n) is 3.46. The Kier molecular flexibility index (Phi) is 6.29. The average Bonchev–Trinajstić information content (AvgIpc) is 3.21. The van der Waals surface area contributed by atoms with Crippen LogP contribution in [0.4, 0.5) is 0 Å². The van der Waals surface area contributed by atoms with Gasteiger partial charge in [0.25, 0.3) is 0 Å². The molecular weight excluding hydrogens is 352 g/mol. The molecule has 2 aliphatic rings. The SMILES string of the molecule is CCOc1cc(C2SCC(=O)N2CCCN2CCCC2=O)ccc1OC. The van der Waals surface area contributed by atoms with Crippen LogP contribution in [0.2, 0.25) is 0 Å². The summed E-state index contributed by atoms with van der Waals surface area (Å²) in [5, 5.41) is -0.0121. The van der Waals surface area contributed by atoms with Crippen LogP contribution in [0.25, 0.3) is 0 Å². The third kappa shape index (κ3) is 4.09. The van der Waals surface area contributed by atoms with E-state index in [9.17, 15) is 9.59 Å². The lowest BCUT2D eigenvalue weighted by molar-refractivity contribution is -0.128. The van der Waals surface area contributed by atoms with Crippen LogP contribution in [0, 0.1) is 0 Å². The fraction of sp³-hybridized carbons (Fsp3) is 0.579. The molecule has 0 bridgehead atoms. The number of rotatable bonds is 8. The maximum absolute atomic E-state index is 12.4. The van der Waals surface area contributed by atoms with Gasteiger partial charge in [-0.25, -0.2) is 0 Å². The van der Waals surface area contributed by atoms with E-state index in [1.165, 1.54) is 0 Å². The summed E-state index contributed by atoms with van der Waals surface area (Å²) < 4.78 is 11.0. The van der Waals surface area contributed by atoms with Crippen LogP contribution in [0.3, 0.4) is 0 Å². The van der Waals surface area contributed by atoms with E-state index in [1.807, 2.05) is 34.9 Å². The second kappa shape index (κ2) is 8.66. The van der Waals surface area contributed by atoms with Crippen molar-refractivity contribution >= 4 is 23.6 Å². The molecule has 0 saturated carbocycles. The molecule has 1 aromatic rings. The van der Waals surface area contributed by atoms with Crippen molar-refractivity contribution in [3.63, 3.8) is 0 Å². The average molecular weight is 378 g/mol. The summed E-state index contributed by atoms with van der Waals surface area (Å²) in [6.45, 7) is 4.74. The molecule has 1 unspecified atom stereocenters. The van der Waals surface area contributed by atoms with Gasteiger partial charge in [-0.05, 0) is 37.5 Å². The lowest BCUT2D eigenvalue weighted by Gasteiger charge is -2.26. The minimum Gasteiger partial charge on any atom is -0.493 e. The molecule has 0 aliphatic carbocycles. The summed E-state index contributed by atoms with van der Waals surface area (Å²) in [7, 11) is 1.62. The van der Waals surface area contributed by atoms with Gasteiger partial charge >= 0.3 is 0 Å². The van der Waals surface area contributed by atoms with E-state index >= 15 is 0 Å². The zero-order valence-corrected chi connectivity index (χ0v) is 16.2. The van der Waals surface area contributed by atoms with Crippen molar-refractivity contribution in [3.05, 3.63) is 23.8 Å². The zero-order chi connectivity index (χ0) is 18.5. The second-order valence-electron chi connectivity index (χ2n) is 6.43. The van der Waals surface area contributed by atoms with Crippen LogP contribution in [0.5, 0.6) is 11.5 Å². The van der Waals surface area contributed by atoms with Crippen molar-refractivity contribution in [2.45, 2.75) is 31.6 Å². The largest absolute Gasteiger partial charge is 0.493 e. The van der Waals surface area contributed by atoms with E-state index in [-0.39, 0.29) is 17.2 Å². The molecule has 3 rings (SSSR count). The number of carbonyl (C=O) groups excluding carboxylic acids is 2. The highest BCUT2D eigenvalue weighted by Crippen LogP contribution is 2.41. The standard InChI is InChI=1S/C19H26N2O4S/c1-3-25-16-12-14(7-8-15(16)24-2)19-21(18(23)13-26-19)11-5-10-20-9-4-6-17(20)22/h7-8,12,19H,3-6,9-11,13H2,1-2H3. The number of carbonyl (C=O) groups is 2. The van der Waals surface area contributed by atoms with E-state index in [4.69, 9.17) is 9.47 Å². The van der Waals surface area contributed by atoms with E-state index in [2.05, 4.69) is 0 Å². The van der Waals surface area contributed by atoms with E-state index < -0.39 is 0 Å². The van der Waals surface area contributed by atoms with Crippen molar-refractivity contribution < 1.29 is 19.1 Å². The summed E-state index contributed by atoms with van der Waals surface area (Å²) in [5.41, 5.74) is 1.04. The molecule has 1 atom stereocenters. The predicted octanol–water partition coefficient (Wildman–Crippen LogP) is 2.68. The molecular formula is C19H26N2O4S. The number of ether oxygens (including phenoxy) is 2. The van der Waals surface area contributed by atoms with Gasteiger partial charge in [-0.1, -0.05) is 6.07 Å². The van der Waals surface area contributed by atoms with Gasteiger partial charge in [0.05, 0.1) is 19.5 Å². The minimum absolute atomic E-state index is 0.0121. The fourth-order valence-corrected chi connectivity index (χ4v) is 4.67.